The first-order valence-corrected chi connectivity index (χ1v) is 6.82. The smallest absolute Gasteiger partial charge is 0.0560 e. The Morgan fingerprint density at radius 2 is 1.89 bits per heavy atom. The quantitative estimate of drug-likeness (QED) is 0.859. The van der Waals surface area contributed by atoms with Gasteiger partial charge in [0.25, 0.3) is 0 Å². The van der Waals surface area contributed by atoms with Crippen LogP contribution >= 0.6 is 0 Å². The number of hydrogen-bond donors (Lipinski definition) is 1. The number of pyridine rings is 1. The van der Waals surface area contributed by atoms with Crippen LogP contribution in [0, 0.1) is 0 Å². The molecule has 0 radical (unpaired) electrons. The number of benzene rings is 1. The standard InChI is InChI=1S/C16H21N3/c1-2-3-11-19(15-7-5-4-6-8-15)16-9-10-18-14(12-16)13-17/h4-10,12H,2-3,11,13,17H2,1H3. The maximum Gasteiger partial charge on any atom is 0.0560 e. The molecule has 0 amide bonds. The fourth-order valence-electron chi connectivity index (χ4n) is 2.08. The normalized spacial score (nSPS) is 10.4. The molecule has 2 aromatic rings. The third-order valence-corrected chi connectivity index (χ3v) is 3.12. The van der Waals surface area contributed by atoms with Gasteiger partial charge in [-0.25, -0.2) is 0 Å². The van der Waals surface area contributed by atoms with Gasteiger partial charge in [0.15, 0.2) is 0 Å². The van der Waals surface area contributed by atoms with E-state index in [1.54, 1.807) is 0 Å². The van der Waals surface area contributed by atoms with Crippen molar-refractivity contribution in [2.24, 2.45) is 5.73 Å². The highest BCUT2D eigenvalue weighted by Gasteiger charge is 2.09. The fraction of sp³-hybridized carbons (Fsp3) is 0.312. The van der Waals surface area contributed by atoms with Crippen molar-refractivity contribution in [3.63, 3.8) is 0 Å². The van der Waals surface area contributed by atoms with E-state index in [1.165, 1.54) is 12.1 Å². The second-order valence-corrected chi connectivity index (χ2v) is 4.55. The summed E-state index contributed by atoms with van der Waals surface area (Å²) in [7, 11) is 0. The highest BCUT2D eigenvalue weighted by molar-refractivity contribution is 5.63. The maximum atomic E-state index is 5.68. The van der Waals surface area contributed by atoms with E-state index in [9.17, 15) is 0 Å². The summed E-state index contributed by atoms with van der Waals surface area (Å²) in [5, 5.41) is 0. The number of nitrogens with two attached hydrogens (primary N) is 1. The van der Waals surface area contributed by atoms with E-state index in [2.05, 4.69) is 47.1 Å². The zero-order valence-electron chi connectivity index (χ0n) is 11.4. The van der Waals surface area contributed by atoms with Crippen LogP contribution in [0.25, 0.3) is 0 Å². The molecule has 1 aromatic carbocycles. The summed E-state index contributed by atoms with van der Waals surface area (Å²) in [6.45, 7) is 3.69. The molecule has 0 unspecified atom stereocenters. The molecule has 3 nitrogen and oxygen atoms in total. The van der Waals surface area contributed by atoms with Crippen molar-refractivity contribution in [3.8, 4) is 0 Å². The van der Waals surface area contributed by atoms with Crippen LogP contribution in [-0.4, -0.2) is 11.5 Å². The maximum absolute atomic E-state index is 5.68. The molecule has 0 aliphatic heterocycles. The molecule has 0 aliphatic carbocycles. The van der Waals surface area contributed by atoms with Crippen LogP contribution in [0.15, 0.2) is 48.7 Å². The molecule has 0 bridgehead atoms. The molecule has 0 saturated heterocycles. The van der Waals surface area contributed by atoms with Gasteiger partial charge in [0.2, 0.25) is 0 Å². The van der Waals surface area contributed by atoms with Crippen LogP contribution in [0.1, 0.15) is 25.5 Å². The van der Waals surface area contributed by atoms with Crippen molar-refractivity contribution in [2.45, 2.75) is 26.3 Å². The van der Waals surface area contributed by atoms with Crippen LogP contribution < -0.4 is 10.6 Å². The van der Waals surface area contributed by atoms with Crippen molar-refractivity contribution >= 4 is 11.4 Å². The molecular weight excluding hydrogens is 234 g/mol. The van der Waals surface area contributed by atoms with Crippen molar-refractivity contribution in [2.75, 3.05) is 11.4 Å². The summed E-state index contributed by atoms with van der Waals surface area (Å²) < 4.78 is 0. The summed E-state index contributed by atoms with van der Waals surface area (Å²) in [5.74, 6) is 0. The number of nitrogens with zero attached hydrogens (tertiary/aromatic N) is 2. The molecular formula is C16H21N3. The molecule has 0 saturated carbocycles. The Bertz CT molecular complexity index is 496. The lowest BCUT2D eigenvalue weighted by atomic mass is 10.2. The monoisotopic (exact) mass is 255 g/mol. The van der Waals surface area contributed by atoms with E-state index in [1.807, 2.05) is 18.3 Å². The number of unbranched alkanes of at least 4 members (excludes halogenated alkanes) is 1. The summed E-state index contributed by atoms with van der Waals surface area (Å²) in [6.07, 6.45) is 4.17. The molecule has 2 N–H and O–H groups in total. The second-order valence-electron chi connectivity index (χ2n) is 4.55. The summed E-state index contributed by atoms with van der Waals surface area (Å²) in [6, 6.07) is 14.6. The number of rotatable bonds is 6. The van der Waals surface area contributed by atoms with Crippen LogP contribution in [0.4, 0.5) is 11.4 Å². The largest absolute Gasteiger partial charge is 0.341 e. The van der Waals surface area contributed by atoms with Crippen LogP contribution in [-0.2, 0) is 6.54 Å². The minimum atomic E-state index is 0.476. The molecule has 0 aliphatic rings. The fourth-order valence-corrected chi connectivity index (χ4v) is 2.08. The van der Waals surface area contributed by atoms with Gasteiger partial charge in [0, 0.05) is 30.7 Å². The summed E-state index contributed by atoms with van der Waals surface area (Å²) in [5.41, 5.74) is 8.98. The topological polar surface area (TPSA) is 42.2 Å². The Labute approximate surface area is 115 Å². The Hall–Kier alpha value is -1.87. The van der Waals surface area contributed by atoms with Gasteiger partial charge in [-0.3, -0.25) is 4.98 Å². The molecule has 1 aromatic heterocycles. The van der Waals surface area contributed by atoms with Crippen molar-refractivity contribution in [3.05, 3.63) is 54.4 Å². The van der Waals surface area contributed by atoms with E-state index in [-0.39, 0.29) is 0 Å². The first-order chi connectivity index (χ1) is 9.35. The van der Waals surface area contributed by atoms with Crippen molar-refractivity contribution < 1.29 is 0 Å². The number of aromatic nitrogens is 1. The van der Waals surface area contributed by atoms with Crippen LogP contribution in [0.2, 0.25) is 0 Å². The van der Waals surface area contributed by atoms with E-state index in [4.69, 9.17) is 5.73 Å². The zero-order valence-corrected chi connectivity index (χ0v) is 11.4. The van der Waals surface area contributed by atoms with Gasteiger partial charge in [-0.15, -0.1) is 0 Å². The molecule has 2 rings (SSSR count). The van der Waals surface area contributed by atoms with Crippen LogP contribution in [0.3, 0.4) is 0 Å². The Morgan fingerprint density at radius 3 is 2.58 bits per heavy atom. The van der Waals surface area contributed by atoms with Crippen molar-refractivity contribution in [1.82, 2.24) is 4.98 Å². The van der Waals surface area contributed by atoms with E-state index in [0.29, 0.717) is 6.54 Å². The third kappa shape index (κ3) is 3.55. The Balaban J connectivity index is 2.31. The lowest BCUT2D eigenvalue weighted by molar-refractivity contribution is 0.784. The molecule has 3 heteroatoms. The minimum Gasteiger partial charge on any atom is -0.341 e. The molecule has 19 heavy (non-hydrogen) atoms. The van der Waals surface area contributed by atoms with Gasteiger partial charge < -0.3 is 10.6 Å². The highest BCUT2D eigenvalue weighted by atomic mass is 15.1. The van der Waals surface area contributed by atoms with Gasteiger partial charge in [-0.05, 0) is 30.7 Å². The second kappa shape index (κ2) is 6.90. The minimum absolute atomic E-state index is 0.476. The van der Waals surface area contributed by atoms with E-state index in [0.717, 1.165) is 24.3 Å². The van der Waals surface area contributed by atoms with Crippen LogP contribution in [0.5, 0.6) is 0 Å². The number of para-hydroxylation sites is 1. The average Bonchev–Trinajstić information content (AvgIpc) is 2.49. The van der Waals surface area contributed by atoms with Gasteiger partial charge >= 0.3 is 0 Å². The lowest BCUT2D eigenvalue weighted by Gasteiger charge is -2.25. The molecule has 0 spiro atoms. The average molecular weight is 255 g/mol. The molecule has 0 atom stereocenters. The molecule has 0 fully saturated rings. The van der Waals surface area contributed by atoms with Gasteiger partial charge in [-0.2, -0.15) is 0 Å². The molecule has 100 valence electrons. The highest BCUT2D eigenvalue weighted by Crippen LogP contribution is 2.25. The first-order valence-electron chi connectivity index (χ1n) is 6.82. The Kier molecular flexibility index (Phi) is 4.93. The Morgan fingerprint density at radius 1 is 1.11 bits per heavy atom. The lowest BCUT2D eigenvalue weighted by Crippen LogP contribution is -2.18. The SMILES string of the molecule is CCCCN(c1ccccc1)c1ccnc(CN)c1. The van der Waals surface area contributed by atoms with Gasteiger partial charge in [-0.1, -0.05) is 31.5 Å². The third-order valence-electron chi connectivity index (χ3n) is 3.12. The zero-order chi connectivity index (χ0) is 13.5. The summed E-state index contributed by atoms with van der Waals surface area (Å²) >= 11 is 0. The number of hydrogen-bond acceptors (Lipinski definition) is 3. The van der Waals surface area contributed by atoms with Crippen molar-refractivity contribution in [1.29, 1.82) is 0 Å². The predicted octanol–water partition coefficient (Wildman–Crippen LogP) is 3.48. The van der Waals surface area contributed by atoms with E-state index >= 15 is 0 Å². The first kappa shape index (κ1) is 13.6. The number of anilines is 2. The van der Waals surface area contributed by atoms with Gasteiger partial charge in [0.1, 0.15) is 0 Å². The predicted molar refractivity (Wildman–Crippen MR) is 80.5 cm³/mol. The summed E-state index contributed by atoms with van der Waals surface area (Å²) in [4.78, 5) is 6.59. The van der Waals surface area contributed by atoms with Gasteiger partial charge in [0.05, 0.1) is 5.69 Å². The molecule has 1 heterocycles. The van der Waals surface area contributed by atoms with E-state index < -0.39 is 0 Å².